The lowest BCUT2D eigenvalue weighted by Crippen LogP contribution is -1.86. The van der Waals surface area contributed by atoms with Gasteiger partial charge in [-0.3, -0.25) is 0 Å². The minimum absolute atomic E-state index is 0.789. The van der Waals surface area contributed by atoms with Gasteiger partial charge in [-0.05, 0) is 34.5 Å². The van der Waals surface area contributed by atoms with Gasteiger partial charge in [0, 0.05) is 6.20 Å². The van der Waals surface area contributed by atoms with E-state index < -0.39 is 0 Å². The van der Waals surface area contributed by atoms with E-state index in [-0.39, 0.29) is 0 Å². The molecule has 0 unspecified atom stereocenters. The summed E-state index contributed by atoms with van der Waals surface area (Å²) < 4.78 is 2.54. The fraction of sp³-hybridized carbons (Fsp3) is 0.143. The molecule has 0 amide bonds. The number of halogens is 1. The van der Waals surface area contributed by atoms with E-state index in [1.54, 1.807) is 4.52 Å². The maximum absolute atomic E-state index is 3.90. The molecule has 0 aliphatic heterocycles. The van der Waals surface area contributed by atoms with Crippen molar-refractivity contribution in [1.29, 1.82) is 0 Å². The molecule has 0 fully saturated rings. The van der Waals surface area contributed by atoms with E-state index in [0.29, 0.717) is 0 Å². The van der Waals surface area contributed by atoms with Gasteiger partial charge in [0.2, 0.25) is 0 Å². The quantitative estimate of drug-likeness (QED) is 0.666. The summed E-state index contributed by atoms with van der Waals surface area (Å²) in [5, 5.41) is 7.77. The van der Waals surface area contributed by atoms with Gasteiger partial charge in [0.25, 0.3) is 0 Å². The van der Waals surface area contributed by atoms with Gasteiger partial charge in [-0.2, -0.15) is 0 Å². The lowest BCUT2D eigenvalue weighted by Gasteiger charge is -1.92. The molecular weight excluding hydrogens is 206 g/mol. The first-order chi connectivity index (χ1) is 5.27. The van der Waals surface area contributed by atoms with Crippen LogP contribution in [0.3, 0.4) is 0 Å². The Morgan fingerprint density at radius 2 is 2.27 bits per heavy atom. The van der Waals surface area contributed by atoms with E-state index in [0.717, 1.165) is 10.1 Å². The molecule has 0 saturated heterocycles. The van der Waals surface area contributed by atoms with Gasteiger partial charge < -0.3 is 0 Å². The molecule has 0 radical (unpaired) electrons. The molecule has 0 N–H and O–H groups in total. The molecule has 56 valence electrons. The summed E-state index contributed by atoms with van der Waals surface area (Å²) in [6, 6.07) is 4.02. The Bertz CT molecular complexity index is 393. The number of rotatable bonds is 0. The number of fused-ring (bicyclic) bond motifs is 1. The standard InChI is InChI=1S/C7H6BrN3/c1-5-2-3-6-7(8)9-10-11(6)4-5/h2-4H,1H3. The number of pyridine rings is 1. The topological polar surface area (TPSA) is 30.2 Å². The molecule has 11 heavy (non-hydrogen) atoms. The van der Waals surface area contributed by atoms with Gasteiger partial charge >= 0.3 is 0 Å². The van der Waals surface area contributed by atoms with E-state index in [1.165, 1.54) is 5.56 Å². The minimum atomic E-state index is 0.789. The summed E-state index contributed by atoms with van der Waals surface area (Å²) in [5.74, 6) is 0. The van der Waals surface area contributed by atoms with Crippen molar-refractivity contribution in [1.82, 2.24) is 14.8 Å². The predicted octanol–water partition coefficient (Wildman–Crippen LogP) is 1.80. The van der Waals surface area contributed by atoms with E-state index >= 15 is 0 Å². The summed E-state index contributed by atoms with van der Waals surface area (Å²) in [4.78, 5) is 0. The van der Waals surface area contributed by atoms with E-state index in [1.807, 2.05) is 25.3 Å². The number of aromatic nitrogens is 3. The van der Waals surface area contributed by atoms with Crippen LogP contribution in [0.15, 0.2) is 22.9 Å². The van der Waals surface area contributed by atoms with Crippen molar-refractivity contribution in [2.75, 3.05) is 0 Å². The van der Waals surface area contributed by atoms with Crippen molar-refractivity contribution < 1.29 is 0 Å². The highest BCUT2D eigenvalue weighted by Crippen LogP contribution is 2.13. The van der Waals surface area contributed by atoms with E-state index in [9.17, 15) is 0 Å². The molecule has 2 heterocycles. The SMILES string of the molecule is Cc1ccc2c(Br)nnn2c1. The first kappa shape index (κ1) is 6.79. The molecule has 0 saturated carbocycles. The van der Waals surface area contributed by atoms with Gasteiger partial charge in [-0.15, -0.1) is 5.10 Å². The van der Waals surface area contributed by atoms with Crippen molar-refractivity contribution in [3.63, 3.8) is 0 Å². The second kappa shape index (κ2) is 2.30. The molecule has 0 aliphatic rings. The average Bonchev–Trinajstić information content (AvgIpc) is 2.32. The molecule has 2 aromatic heterocycles. The molecule has 0 aliphatic carbocycles. The summed E-state index contributed by atoms with van der Waals surface area (Å²) in [5.41, 5.74) is 2.17. The fourth-order valence-corrected chi connectivity index (χ4v) is 1.35. The Kier molecular flexibility index (Phi) is 1.42. The number of nitrogens with zero attached hydrogens (tertiary/aromatic N) is 3. The van der Waals surface area contributed by atoms with E-state index in [4.69, 9.17) is 0 Å². The van der Waals surface area contributed by atoms with Crippen LogP contribution >= 0.6 is 15.9 Å². The van der Waals surface area contributed by atoms with Crippen LogP contribution in [-0.2, 0) is 0 Å². The first-order valence-corrected chi connectivity index (χ1v) is 4.04. The van der Waals surface area contributed by atoms with Gasteiger partial charge in [0.1, 0.15) is 5.52 Å². The van der Waals surface area contributed by atoms with Gasteiger partial charge in [0.05, 0.1) is 0 Å². The van der Waals surface area contributed by atoms with Gasteiger partial charge in [0.15, 0.2) is 4.60 Å². The van der Waals surface area contributed by atoms with Crippen LogP contribution in [0.25, 0.3) is 5.52 Å². The lowest BCUT2D eigenvalue weighted by molar-refractivity contribution is 0.847. The van der Waals surface area contributed by atoms with Crippen LogP contribution < -0.4 is 0 Å². The largest absolute Gasteiger partial charge is 0.219 e. The molecule has 0 spiro atoms. The fourth-order valence-electron chi connectivity index (χ4n) is 0.968. The summed E-state index contributed by atoms with van der Waals surface area (Å²) in [6.45, 7) is 2.02. The molecule has 4 heteroatoms. The van der Waals surface area contributed by atoms with Crippen LogP contribution in [0, 0.1) is 6.92 Å². The number of aryl methyl sites for hydroxylation is 1. The Morgan fingerprint density at radius 1 is 1.45 bits per heavy atom. The highest BCUT2D eigenvalue weighted by Gasteiger charge is 2.00. The lowest BCUT2D eigenvalue weighted by atomic mass is 10.3. The van der Waals surface area contributed by atoms with Crippen LogP contribution in [-0.4, -0.2) is 14.8 Å². The molecule has 0 aromatic carbocycles. The Morgan fingerprint density at radius 3 is 3.09 bits per heavy atom. The van der Waals surface area contributed by atoms with Crippen molar-refractivity contribution in [2.24, 2.45) is 0 Å². The molecule has 3 nitrogen and oxygen atoms in total. The third kappa shape index (κ3) is 1.03. The van der Waals surface area contributed by atoms with Gasteiger partial charge in [-0.25, -0.2) is 4.52 Å². The zero-order chi connectivity index (χ0) is 7.84. The van der Waals surface area contributed by atoms with E-state index in [2.05, 4.69) is 26.2 Å². The summed E-state index contributed by atoms with van der Waals surface area (Å²) in [6.07, 6.45) is 1.94. The zero-order valence-electron chi connectivity index (χ0n) is 5.95. The second-order valence-electron chi connectivity index (χ2n) is 2.42. The molecular formula is C7H6BrN3. The normalized spacial score (nSPS) is 10.7. The maximum Gasteiger partial charge on any atom is 0.156 e. The third-order valence-corrected chi connectivity index (χ3v) is 2.08. The Labute approximate surface area is 72.2 Å². The monoisotopic (exact) mass is 211 g/mol. The third-order valence-electron chi connectivity index (χ3n) is 1.52. The highest BCUT2D eigenvalue weighted by atomic mass is 79.9. The van der Waals surface area contributed by atoms with Crippen molar-refractivity contribution in [2.45, 2.75) is 6.92 Å². The highest BCUT2D eigenvalue weighted by molar-refractivity contribution is 9.10. The van der Waals surface area contributed by atoms with Crippen LogP contribution in [0.5, 0.6) is 0 Å². The number of hydrogen-bond donors (Lipinski definition) is 0. The van der Waals surface area contributed by atoms with Crippen molar-refractivity contribution in [3.05, 3.63) is 28.5 Å². The average molecular weight is 212 g/mol. The predicted molar refractivity (Wildman–Crippen MR) is 45.4 cm³/mol. The Balaban J connectivity index is 2.86. The molecule has 0 atom stereocenters. The van der Waals surface area contributed by atoms with Crippen molar-refractivity contribution >= 4 is 21.4 Å². The minimum Gasteiger partial charge on any atom is -0.219 e. The molecule has 0 bridgehead atoms. The Hall–Kier alpha value is -0.900. The summed E-state index contributed by atoms with van der Waals surface area (Å²) >= 11 is 3.30. The van der Waals surface area contributed by atoms with Crippen molar-refractivity contribution in [3.8, 4) is 0 Å². The van der Waals surface area contributed by atoms with Crippen LogP contribution in [0.4, 0.5) is 0 Å². The second-order valence-corrected chi connectivity index (χ2v) is 3.17. The number of hydrogen-bond acceptors (Lipinski definition) is 2. The zero-order valence-corrected chi connectivity index (χ0v) is 7.54. The van der Waals surface area contributed by atoms with Gasteiger partial charge in [-0.1, -0.05) is 11.3 Å². The first-order valence-electron chi connectivity index (χ1n) is 3.24. The van der Waals surface area contributed by atoms with Crippen LogP contribution in [0.1, 0.15) is 5.56 Å². The summed E-state index contributed by atoms with van der Waals surface area (Å²) in [7, 11) is 0. The molecule has 2 rings (SSSR count). The smallest absolute Gasteiger partial charge is 0.156 e. The van der Waals surface area contributed by atoms with Crippen LogP contribution in [0.2, 0.25) is 0 Å². The molecule has 2 aromatic rings. The maximum atomic E-state index is 3.90.